The lowest BCUT2D eigenvalue weighted by Gasteiger charge is -2.14. The second-order valence-corrected chi connectivity index (χ2v) is 4.92. The van der Waals surface area contributed by atoms with Crippen LogP contribution in [0.5, 0.6) is 0 Å². The molecule has 0 saturated carbocycles. The Morgan fingerprint density at radius 3 is 1.83 bits per heavy atom. The van der Waals surface area contributed by atoms with Crippen molar-refractivity contribution in [3.05, 3.63) is 61.2 Å². The van der Waals surface area contributed by atoms with Crippen LogP contribution in [-0.2, 0) is 9.59 Å². The summed E-state index contributed by atoms with van der Waals surface area (Å²) in [5, 5.41) is 14.1. The Hall–Kier alpha value is -2.73. The third-order valence-corrected chi connectivity index (χ3v) is 2.49. The van der Waals surface area contributed by atoms with Crippen molar-refractivity contribution in [1.29, 1.82) is 0 Å². The number of carbonyl (C=O) groups is 3. The van der Waals surface area contributed by atoms with E-state index >= 15 is 0 Å². The van der Waals surface area contributed by atoms with Crippen molar-refractivity contribution in [2.45, 2.75) is 19.4 Å². The average Bonchev–Trinajstić information content (AvgIpc) is 2.54. The summed E-state index contributed by atoms with van der Waals surface area (Å²) in [4.78, 5) is 32.4. The molecule has 0 saturated heterocycles. The van der Waals surface area contributed by atoms with Crippen LogP contribution < -0.4 is 10.6 Å². The molecule has 0 unspecified atom stereocenters. The van der Waals surface area contributed by atoms with Gasteiger partial charge in [-0.25, -0.2) is 0 Å². The van der Waals surface area contributed by atoms with Crippen molar-refractivity contribution in [3.63, 3.8) is 0 Å². The summed E-state index contributed by atoms with van der Waals surface area (Å²) in [6, 6.07) is 8.78. The van der Waals surface area contributed by atoms with Crippen LogP contribution in [0.15, 0.2) is 55.6 Å². The predicted molar refractivity (Wildman–Crippen MR) is 88.6 cm³/mol. The van der Waals surface area contributed by atoms with Gasteiger partial charge in [0.05, 0.1) is 6.67 Å². The first-order chi connectivity index (χ1) is 10.7. The molecule has 0 heterocycles. The Balaban J connectivity index is 0.000000423. The third-order valence-electron chi connectivity index (χ3n) is 2.49. The number of Topliss-reactive ketones (excluding diaryl/α,β-unsaturated/α-hetero) is 1. The minimum Gasteiger partial charge on any atom is -0.382 e. The Morgan fingerprint density at radius 2 is 1.48 bits per heavy atom. The minimum absolute atomic E-state index is 0.0930. The topological polar surface area (TPSA) is 95.5 Å². The zero-order valence-corrected chi connectivity index (χ0v) is 13.3. The summed E-state index contributed by atoms with van der Waals surface area (Å²) in [7, 11) is 0. The molecule has 0 aromatic heterocycles. The van der Waals surface area contributed by atoms with Crippen molar-refractivity contribution in [1.82, 2.24) is 10.6 Å². The lowest BCUT2D eigenvalue weighted by molar-refractivity contribution is -0.118. The highest BCUT2D eigenvalue weighted by Gasteiger charge is 2.24. The van der Waals surface area contributed by atoms with Gasteiger partial charge in [0.15, 0.2) is 5.78 Å². The van der Waals surface area contributed by atoms with E-state index in [9.17, 15) is 19.5 Å². The molecule has 124 valence electrons. The summed E-state index contributed by atoms with van der Waals surface area (Å²) in [5.74, 6) is -0.896. The average molecular weight is 318 g/mol. The first kappa shape index (κ1) is 20.3. The van der Waals surface area contributed by atoms with E-state index in [4.69, 9.17) is 0 Å². The molecule has 0 aliphatic rings. The maximum atomic E-state index is 11.4. The number of rotatable bonds is 6. The number of hydrogen-bond acceptors (Lipinski definition) is 4. The SMILES string of the molecule is C=CC(=O)NCNC(=O)C=C.CC(C)(O)C(=O)c1ccccc1. The van der Waals surface area contributed by atoms with Crippen molar-refractivity contribution >= 4 is 17.6 Å². The number of nitrogens with one attached hydrogen (secondary N) is 2. The Morgan fingerprint density at radius 1 is 1.04 bits per heavy atom. The quantitative estimate of drug-likeness (QED) is 0.417. The maximum Gasteiger partial charge on any atom is 0.244 e. The van der Waals surface area contributed by atoms with Gasteiger partial charge in [0.25, 0.3) is 0 Å². The van der Waals surface area contributed by atoms with Gasteiger partial charge >= 0.3 is 0 Å². The highest BCUT2D eigenvalue weighted by atomic mass is 16.3. The van der Waals surface area contributed by atoms with Crippen LogP contribution in [0.2, 0.25) is 0 Å². The van der Waals surface area contributed by atoms with Gasteiger partial charge in [0.1, 0.15) is 5.60 Å². The van der Waals surface area contributed by atoms with E-state index in [1.165, 1.54) is 13.8 Å². The van der Waals surface area contributed by atoms with Crippen LogP contribution in [-0.4, -0.2) is 35.0 Å². The molecule has 0 atom stereocenters. The van der Waals surface area contributed by atoms with Gasteiger partial charge in [-0.3, -0.25) is 14.4 Å². The number of amides is 2. The van der Waals surface area contributed by atoms with Crippen LogP contribution in [0.3, 0.4) is 0 Å². The minimum atomic E-state index is -1.28. The molecule has 3 N–H and O–H groups in total. The van der Waals surface area contributed by atoms with E-state index < -0.39 is 5.60 Å². The number of ketones is 1. The third kappa shape index (κ3) is 9.00. The van der Waals surface area contributed by atoms with Crippen LogP contribution in [0.4, 0.5) is 0 Å². The Kier molecular flexibility index (Phi) is 8.88. The largest absolute Gasteiger partial charge is 0.382 e. The zero-order valence-electron chi connectivity index (χ0n) is 13.3. The molecule has 0 bridgehead atoms. The van der Waals surface area contributed by atoms with E-state index in [0.29, 0.717) is 5.56 Å². The molecule has 0 aliphatic heterocycles. The normalized spacial score (nSPS) is 9.70. The van der Waals surface area contributed by atoms with E-state index in [2.05, 4.69) is 23.8 Å². The molecule has 0 spiro atoms. The van der Waals surface area contributed by atoms with Crippen molar-refractivity contribution in [2.24, 2.45) is 0 Å². The molecular weight excluding hydrogens is 296 g/mol. The highest BCUT2D eigenvalue weighted by Crippen LogP contribution is 2.11. The molecule has 1 aromatic carbocycles. The van der Waals surface area contributed by atoms with Gasteiger partial charge < -0.3 is 15.7 Å². The Labute approximate surface area is 135 Å². The van der Waals surface area contributed by atoms with E-state index in [-0.39, 0.29) is 24.3 Å². The second-order valence-electron chi connectivity index (χ2n) is 4.92. The molecule has 23 heavy (non-hydrogen) atoms. The standard InChI is InChI=1S/C10H12O2.C7H10N2O2/c1-10(2,12)9(11)8-6-4-3-5-7-8;1-3-6(10)8-5-9-7(11)4-2/h3-7,12H,1-2H3;3-4H,1-2,5H2,(H,8,10)(H,9,11). The van der Waals surface area contributed by atoms with Crippen LogP contribution in [0.1, 0.15) is 24.2 Å². The maximum absolute atomic E-state index is 11.4. The Bertz CT molecular complexity index is 540. The fraction of sp³-hybridized carbons (Fsp3) is 0.235. The van der Waals surface area contributed by atoms with Crippen LogP contribution >= 0.6 is 0 Å². The fourth-order valence-electron chi connectivity index (χ4n) is 1.31. The van der Waals surface area contributed by atoms with E-state index in [1.807, 2.05) is 6.07 Å². The van der Waals surface area contributed by atoms with Gasteiger partial charge in [-0.05, 0) is 26.0 Å². The number of benzene rings is 1. The number of aliphatic hydroxyl groups is 1. The molecular formula is C17H22N2O4. The fourth-order valence-corrected chi connectivity index (χ4v) is 1.31. The van der Waals surface area contributed by atoms with E-state index in [0.717, 1.165) is 12.2 Å². The smallest absolute Gasteiger partial charge is 0.244 e. The summed E-state index contributed by atoms with van der Waals surface area (Å²) >= 11 is 0. The summed E-state index contributed by atoms with van der Waals surface area (Å²) in [5.41, 5.74) is -0.730. The highest BCUT2D eigenvalue weighted by molar-refractivity contribution is 6.01. The molecule has 0 radical (unpaired) electrons. The summed E-state index contributed by atoms with van der Waals surface area (Å²) < 4.78 is 0. The van der Waals surface area contributed by atoms with Gasteiger partial charge in [-0.2, -0.15) is 0 Å². The number of hydrogen-bond donors (Lipinski definition) is 3. The summed E-state index contributed by atoms with van der Waals surface area (Å²) in [6.45, 7) is 9.54. The van der Waals surface area contributed by atoms with Gasteiger partial charge in [-0.1, -0.05) is 43.5 Å². The van der Waals surface area contributed by atoms with Crippen LogP contribution in [0, 0.1) is 0 Å². The lowest BCUT2D eigenvalue weighted by atomic mass is 9.97. The number of carbonyl (C=O) groups excluding carboxylic acids is 3. The monoisotopic (exact) mass is 318 g/mol. The molecule has 0 fully saturated rings. The molecule has 2 amide bonds. The first-order valence-electron chi connectivity index (χ1n) is 6.85. The van der Waals surface area contributed by atoms with Gasteiger partial charge in [0, 0.05) is 5.56 Å². The molecule has 6 heteroatoms. The van der Waals surface area contributed by atoms with Crippen LogP contribution in [0.25, 0.3) is 0 Å². The van der Waals surface area contributed by atoms with Crippen molar-refractivity contribution < 1.29 is 19.5 Å². The van der Waals surface area contributed by atoms with E-state index in [1.54, 1.807) is 24.3 Å². The van der Waals surface area contributed by atoms with Gasteiger partial charge in [-0.15, -0.1) is 0 Å². The predicted octanol–water partition coefficient (Wildman–Crippen LogP) is 1.19. The molecule has 6 nitrogen and oxygen atoms in total. The lowest BCUT2D eigenvalue weighted by Crippen LogP contribution is -2.35. The molecule has 1 aromatic rings. The zero-order chi connectivity index (χ0) is 17.9. The van der Waals surface area contributed by atoms with Crippen molar-refractivity contribution in [2.75, 3.05) is 6.67 Å². The molecule has 0 aliphatic carbocycles. The first-order valence-corrected chi connectivity index (χ1v) is 6.85. The second kappa shape index (κ2) is 10.1. The summed E-state index contributed by atoms with van der Waals surface area (Å²) in [6.07, 6.45) is 2.25. The molecule has 1 rings (SSSR count). The van der Waals surface area contributed by atoms with Crippen molar-refractivity contribution in [3.8, 4) is 0 Å². The van der Waals surface area contributed by atoms with Gasteiger partial charge in [0.2, 0.25) is 11.8 Å².